The van der Waals surface area contributed by atoms with E-state index in [-0.39, 0.29) is 23.6 Å². The van der Waals surface area contributed by atoms with E-state index in [1.165, 1.54) is 22.8 Å². The van der Waals surface area contributed by atoms with E-state index >= 15 is 0 Å². The number of hydrogen-bond donors (Lipinski definition) is 1. The van der Waals surface area contributed by atoms with Crippen molar-refractivity contribution in [2.45, 2.75) is 25.0 Å². The molecule has 1 atom stereocenters. The van der Waals surface area contributed by atoms with Gasteiger partial charge in [0, 0.05) is 14.1 Å². The third-order valence-corrected chi connectivity index (χ3v) is 3.93. The normalized spacial score (nSPS) is 12.6. The van der Waals surface area contributed by atoms with Crippen LogP contribution in [0.25, 0.3) is 0 Å². The number of nitrogens with zero attached hydrogens (tertiary/aromatic N) is 7. The number of carbonyl (C=O) groups excluding carboxylic acids is 1. The van der Waals surface area contributed by atoms with E-state index in [2.05, 4.69) is 30.9 Å². The standard InChI is InChI=1S/C11H18N8OS/c1-7(2)9(10-12-6-13-18(10)3)14-8(20)5-21-11-15-16-17-19(11)4/h6-7,9H,5H2,1-4H3,(H,14,20)/t9-/m0/s1. The lowest BCUT2D eigenvalue weighted by atomic mass is 10.0. The predicted octanol–water partition coefficient (Wildman–Crippen LogP) is -0.0558. The molecule has 0 fully saturated rings. The molecule has 1 N–H and O–H groups in total. The number of hydrogen-bond acceptors (Lipinski definition) is 7. The third-order valence-electron chi connectivity index (χ3n) is 2.92. The van der Waals surface area contributed by atoms with Crippen molar-refractivity contribution in [3.8, 4) is 0 Å². The van der Waals surface area contributed by atoms with Crippen molar-refractivity contribution in [3.63, 3.8) is 0 Å². The fourth-order valence-corrected chi connectivity index (χ4v) is 2.47. The summed E-state index contributed by atoms with van der Waals surface area (Å²) in [6, 6.07) is -0.178. The van der Waals surface area contributed by atoms with Gasteiger partial charge in [-0.2, -0.15) is 5.10 Å². The topological polar surface area (TPSA) is 103 Å². The fourth-order valence-electron chi connectivity index (χ4n) is 1.80. The molecule has 0 spiro atoms. The Kier molecular flexibility index (Phi) is 4.89. The van der Waals surface area contributed by atoms with Crippen molar-refractivity contribution >= 4 is 17.7 Å². The maximum Gasteiger partial charge on any atom is 0.231 e. The highest BCUT2D eigenvalue weighted by atomic mass is 32.2. The molecular formula is C11H18N8OS. The molecule has 114 valence electrons. The first-order valence-corrected chi connectivity index (χ1v) is 7.46. The second-order valence-electron chi connectivity index (χ2n) is 4.90. The number of nitrogens with one attached hydrogen (secondary N) is 1. The Morgan fingerprint density at radius 2 is 2.14 bits per heavy atom. The Morgan fingerprint density at radius 3 is 2.67 bits per heavy atom. The van der Waals surface area contributed by atoms with E-state index < -0.39 is 0 Å². The molecule has 9 nitrogen and oxygen atoms in total. The van der Waals surface area contributed by atoms with Gasteiger partial charge in [0.1, 0.15) is 12.2 Å². The van der Waals surface area contributed by atoms with Crippen molar-refractivity contribution in [2.75, 3.05) is 5.75 Å². The van der Waals surface area contributed by atoms with Crippen molar-refractivity contribution in [1.82, 2.24) is 40.3 Å². The molecule has 1 amide bonds. The maximum atomic E-state index is 12.1. The van der Waals surface area contributed by atoms with Crippen LogP contribution in [0.4, 0.5) is 0 Å². The highest BCUT2D eigenvalue weighted by Gasteiger charge is 2.22. The summed E-state index contributed by atoms with van der Waals surface area (Å²) in [5.41, 5.74) is 0. The van der Waals surface area contributed by atoms with Gasteiger partial charge in [-0.25, -0.2) is 9.67 Å². The zero-order chi connectivity index (χ0) is 15.4. The quantitative estimate of drug-likeness (QED) is 0.746. The van der Waals surface area contributed by atoms with Gasteiger partial charge < -0.3 is 5.32 Å². The minimum absolute atomic E-state index is 0.0929. The molecule has 0 saturated heterocycles. The number of tetrazole rings is 1. The molecule has 2 rings (SSSR count). The molecular weight excluding hydrogens is 292 g/mol. The second kappa shape index (κ2) is 6.66. The summed E-state index contributed by atoms with van der Waals surface area (Å²) in [5, 5.41) is 18.7. The second-order valence-corrected chi connectivity index (χ2v) is 5.85. The van der Waals surface area contributed by atoms with Crippen LogP contribution in [-0.4, -0.2) is 46.6 Å². The largest absolute Gasteiger partial charge is 0.345 e. The summed E-state index contributed by atoms with van der Waals surface area (Å²) in [6.07, 6.45) is 1.48. The smallest absolute Gasteiger partial charge is 0.231 e. The molecule has 0 radical (unpaired) electrons. The zero-order valence-corrected chi connectivity index (χ0v) is 13.2. The Hall–Kier alpha value is -1.97. The van der Waals surface area contributed by atoms with E-state index in [0.29, 0.717) is 5.16 Å². The van der Waals surface area contributed by atoms with Gasteiger partial charge in [0.05, 0.1) is 11.8 Å². The minimum atomic E-state index is -0.178. The Balaban J connectivity index is 1.96. The highest BCUT2D eigenvalue weighted by molar-refractivity contribution is 7.99. The SMILES string of the molecule is CC(C)[C@H](NC(=O)CSc1nnnn1C)c1ncnn1C. The average Bonchev–Trinajstić information content (AvgIpc) is 3.02. The average molecular weight is 310 g/mol. The first-order chi connectivity index (χ1) is 9.99. The molecule has 0 aliphatic heterocycles. The lowest BCUT2D eigenvalue weighted by Crippen LogP contribution is -2.34. The lowest BCUT2D eigenvalue weighted by Gasteiger charge is -2.21. The summed E-state index contributed by atoms with van der Waals surface area (Å²) in [4.78, 5) is 16.3. The molecule has 10 heteroatoms. The zero-order valence-electron chi connectivity index (χ0n) is 12.4. The Labute approximate surface area is 126 Å². The molecule has 0 bridgehead atoms. The van der Waals surface area contributed by atoms with Crippen LogP contribution < -0.4 is 5.32 Å². The first kappa shape index (κ1) is 15.4. The van der Waals surface area contributed by atoms with Gasteiger partial charge in [-0.3, -0.25) is 9.48 Å². The number of aromatic nitrogens is 7. The molecule has 0 saturated carbocycles. The van der Waals surface area contributed by atoms with Gasteiger partial charge in [-0.15, -0.1) is 5.10 Å². The minimum Gasteiger partial charge on any atom is -0.345 e. The van der Waals surface area contributed by atoms with Crippen LogP contribution in [0.3, 0.4) is 0 Å². The molecule has 0 unspecified atom stereocenters. The summed E-state index contributed by atoms with van der Waals surface area (Å²) < 4.78 is 3.20. The van der Waals surface area contributed by atoms with Crippen LogP contribution in [0.15, 0.2) is 11.5 Å². The number of carbonyl (C=O) groups is 1. The summed E-state index contributed by atoms with van der Waals surface area (Å²) >= 11 is 1.29. The van der Waals surface area contributed by atoms with E-state index in [4.69, 9.17) is 0 Å². The van der Waals surface area contributed by atoms with Crippen LogP contribution >= 0.6 is 11.8 Å². The molecule has 0 aliphatic carbocycles. The molecule has 2 aromatic heterocycles. The van der Waals surface area contributed by atoms with Crippen LogP contribution in [0.2, 0.25) is 0 Å². The fraction of sp³-hybridized carbons (Fsp3) is 0.636. The Bertz CT molecular complexity index is 607. The van der Waals surface area contributed by atoms with Crippen molar-refractivity contribution in [1.29, 1.82) is 0 Å². The maximum absolute atomic E-state index is 12.1. The van der Waals surface area contributed by atoms with Crippen LogP contribution in [-0.2, 0) is 18.9 Å². The lowest BCUT2D eigenvalue weighted by molar-refractivity contribution is -0.119. The van der Waals surface area contributed by atoms with Gasteiger partial charge in [0.2, 0.25) is 11.1 Å². The third kappa shape index (κ3) is 3.78. The van der Waals surface area contributed by atoms with Gasteiger partial charge in [-0.05, 0) is 16.3 Å². The summed E-state index contributed by atoms with van der Waals surface area (Å²) in [6.45, 7) is 4.05. The van der Waals surface area contributed by atoms with E-state index in [1.54, 1.807) is 11.7 Å². The van der Waals surface area contributed by atoms with Gasteiger partial charge in [-0.1, -0.05) is 25.6 Å². The summed E-state index contributed by atoms with van der Waals surface area (Å²) in [7, 11) is 3.54. The van der Waals surface area contributed by atoms with E-state index in [1.807, 2.05) is 20.9 Å². The number of aryl methyl sites for hydroxylation is 2. The Morgan fingerprint density at radius 1 is 1.38 bits per heavy atom. The monoisotopic (exact) mass is 310 g/mol. The van der Waals surface area contributed by atoms with Crippen molar-refractivity contribution in [3.05, 3.63) is 12.2 Å². The highest BCUT2D eigenvalue weighted by Crippen LogP contribution is 2.19. The number of thioether (sulfide) groups is 1. The van der Waals surface area contributed by atoms with Gasteiger partial charge >= 0.3 is 0 Å². The summed E-state index contributed by atoms with van der Waals surface area (Å²) in [5.74, 6) is 1.10. The number of rotatable bonds is 6. The van der Waals surface area contributed by atoms with Crippen molar-refractivity contribution in [2.24, 2.45) is 20.0 Å². The molecule has 2 heterocycles. The van der Waals surface area contributed by atoms with E-state index in [9.17, 15) is 4.79 Å². The van der Waals surface area contributed by atoms with Crippen molar-refractivity contribution < 1.29 is 4.79 Å². The predicted molar refractivity (Wildman–Crippen MR) is 76.2 cm³/mol. The van der Waals surface area contributed by atoms with Crippen LogP contribution in [0.1, 0.15) is 25.7 Å². The first-order valence-electron chi connectivity index (χ1n) is 6.47. The van der Waals surface area contributed by atoms with Gasteiger partial charge in [0.15, 0.2) is 0 Å². The molecule has 0 aliphatic rings. The van der Waals surface area contributed by atoms with Crippen LogP contribution in [0.5, 0.6) is 0 Å². The van der Waals surface area contributed by atoms with Gasteiger partial charge in [0.25, 0.3) is 0 Å². The molecule has 21 heavy (non-hydrogen) atoms. The molecule has 0 aromatic carbocycles. The van der Waals surface area contributed by atoms with Crippen LogP contribution in [0, 0.1) is 5.92 Å². The molecule has 2 aromatic rings. The van der Waals surface area contributed by atoms with E-state index in [0.717, 1.165) is 5.82 Å². The number of amides is 1.